The summed E-state index contributed by atoms with van der Waals surface area (Å²) in [5, 5.41) is 2.81. The highest BCUT2D eigenvalue weighted by Crippen LogP contribution is 2.31. The third-order valence-electron chi connectivity index (χ3n) is 5.86. The molecule has 3 heterocycles. The number of nitrogens with zero attached hydrogens (tertiary/aromatic N) is 3. The molecule has 0 radical (unpaired) electrons. The van der Waals surface area contributed by atoms with E-state index in [-0.39, 0.29) is 23.4 Å². The zero-order chi connectivity index (χ0) is 22.6. The molecule has 31 heavy (non-hydrogen) atoms. The van der Waals surface area contributed by atoms with Crippen molar-refractivity contribution in [3.63, 3.8) is 0 Å². The van der Waals surface area contributed by atoms with E-state index in [9.17, 15) is 14.4 Å². The number of fused-ring (bicyclic) bond motifs is 1. The molecule has 7 heteroatoms. The molecule has 3 amide bonds. The minimum absolute atomic E-state index is 0.0114. The first-order valence-corrected chi connectivity index (χ1v) is 10.2. The van der Waals surface area contributed by atoms with E-state index in [1.165, 1.54) is 10.5 Å². The number of aromatic nitrogens is 2. The van der Waals surface area contributed by atoms with Crippen LogP contribution in [0.4, 0.5) is 4.79 Å². The molecular weight excluding hydrogens is 392 g/mol. The Morgan fingerprint density at radius 3 is 2.35 bits per heavy atom. The number of aryl methyl sites for hydroxylation is 1. The number of carbonyl (C=O) groups excluding carboxylic acids is 2. The second-order valence-electron chi connectivity index (χ2n) is 9.22. The van der Waals surface area contributed by atoms with Crippen molar-refractivity contribution in [1.82, 2.24) is 19.6 Å². The number of benzene rings is 1. The number of imide groups is 1. The quantitative estimate of drug-likeness (QED) is 0.662. The SMILES string of the molecule is Cc1cccc2nc(CN3C(=O)NC(C)(c4ccc(C(C)(C)C)cc4)C3=O)cc(=O)n12. The molecule has 0 bridgehead atoms. The van der Waals surface area contributed by atoms with Crippen molar-refractivity contribution in [3.05, 3.63) is 81.4 Å². The van der Waals surface area contributed by atoms with Gasteiger partial charge in [0.15, 0.2) is 0 Å². The normalized spacial score (nSPS) is 19.2. The van der Waals surface area contributed by atoms with Crippen molar-refractivity contribution < 1.29 is 9.59 Å². The molecule has 1 atom stereocenters. The maximum atomic E-state index is 13.3. The van der Waals surface area contributed by atoms with Crippen molar-refractivity contribution in [3.8, 4) is 0 Å². The van der Waals surface area contributed by atoms with Crippen molar-refractivity contribution in [1.29, 1.82) is 0 Å². The van der Waals surface area contributed by atoms with E-state index in [0.29, 0.717) is 16.9 Å². The topological polar surface area (TPSA) is 83.8 Å². The molecule has 1 N–H and O–H groups in total. The number of hydrogen-bond donors (Lipinski definition) is 1. The molecular formula is C24H26N4O3. The van der Waals surface area contributed by atoms with Gasteiger partial charge in [-0.1, -0.05) is 51.1 Å². The fraction of sp³-hybridized carbons (Fsp3) is 0.333. The Morgan fingerprint density at radius 2 is 1.71 bits per heavy atom. The van der Waals surface area contributed by atoms with Gasteiger partial charge in [0.25, 0.3) is 11.5 Å². The molecule has 1 saturated heterocycles. The molecule has 160 valence electrons. The van der Waals surface area contributed by atoms with Crippen LogP contribution in [0.1, 0.15) is 50.2 Å². The number of hydrogen-bond acceptors (Lipinski definition) is 4. The molecule has 1 aromatic carbocycles. The van der Waals surface area contributed by atoms with Gasteiger partial charge < -0.3 is 5.32 Å². The van der Waals surface area contributed by atoms with Crippen LogP contribution in [-0.2, 0) is 22.3 Å². The Hall–Kier alpha value is -3.48. The molecule has 0 spiro atoms. The summed E-state index contributed by atoms with van der Waals surface area (Å²) in [7, 11) is 0. The Labute approximate surface area is 180 Å². The molecule has 1 fully saturated rings. The van der Waals surface area contributed by atoms with Crippen molar-refractivity contribution in [2.75, 3.05) is 0 Å². The fourth-order valence-electron chi connectivity index (χ4n) is 3.95. The second kappa shape index (κ2) is 7.04. The van der Waals surface area contributed by atoms with Crippen LogP contribution < -0.4 is 10.9 Å². The predicted molar refractivity (Wildman–Crippen MR) is 118 cm³/mol. The van der Waals surface area contributed by atoms with Gasteiger partial charge in [0, 0.05) is 11.8 Å². The van der Waals surface area contributed by atoms with Gasteiger partial charge in [0.2, 0.25) is 0 Å². The van der Waals surface area contributed by atoms with Crippen LogP contribution in [0.5, 0.6) is 0 Å². The minimum atomic E-state index is -1.17. The lowest BCUT2D eigenvalue weighted by Gasteiger charge is -2.24. The zero-order valence-corrected chi connectivity index (χ0v) is 18.4. The summed E-state index contributed by atoms with van der Waals surface area (Å²) in [6.07, 6.45) is 0. The summed E-state index contributed by atoms with van der Waals surface area (Å²) in [4.78, 5) is 44.1. The highest BCUT2D eigenvalue weighted by atomic mass is 16.2. The van der Waals surface area contributed by atoms with E-state index >= 15 is 0 Å². The molecule has 0 saturated carbocycles. The van der Waals surface area contributed by atoms with E-state index in [1.807, 2.05) is 43.3 Å². The van der Waals surface area contributed by atoms with E-state index in [2.05, 4.69) is 31.1 Å². The van der Waals surface area contributed by atoms with Crippen LogP contribution in [-0.4, -0.2) is 26.2 Å². The molecule has 4 rings (SSSR count). The van der Waals surface area contributed by atoms with Gasteiger partial charge in [-0.3, -0.25) is 18.9 Å². The van der Waals surface area contributed by atoms with Crippen LogP contribution >= 0.6 is 0 Å². The lowest BCUT2D eigenvalue weighted by Crippen LogP contribution is -2.41. The fourth-order valence-corrected chi connectivity index (χ4v) is 3.95. The Balaban J connectivity index is 1.64. The summed E-state index contributed by atoms with van der Waals surface area (Å²) in [6.45, 7) is 9.81. The number of amides is 3. The molecule has 3 aromatic rings. The maximum absolute atomic E-state index is 13.3. The molecule has 2 aromatic heterocycles. The Bertz CT molecular complexity index is 1250. The van der Waals surface area contributed by atoms with Gasteiger partial charge in [0.1, 0.15) is 11.2 Å². The first-order valence-electron chi connectivity index (χ1n) is 10.2. The smallest absolute Gasteiger partial charge is 0.319 e. The highest BCUT2D eigenvalue weighted by molar-refractivity contribution is 6.07. The molecule has 1 unspecified atom stereocenters. The van der Waals surface area contributed by atoms with Crippen LogP contribution in [0.2, 0.25) is 0 Å². The lowest BCUT2D eigenvalue weighted by atomic mass is 9.84. The third-order valence-corrected chi connectivity index (χ3v) is 5.86. The summed E-state index contributed by atoms with van der Waals surface area (Å²) in [5.41, 5.74) is 2.04. The lowest BCUT2D eigenvalue weighted by molar-refractivity contribution is -0.131. The maximum Gasteiger partial charge on any atom is 0.325 e. The molecule has 7 nitrogen and oxygen atoms in total. The Kier molecular flexibility index (Phi) is 4.72. The van der Waals surface area contributed by atoms with Gasteiger partial charge >= 0.3 is 6.03 Å². The van der Waals surface area contributed by atoms with Gasteiger partial charge in [-0.2, -0.15) is 0 Å². The van der Waals surface area contributed by atoms with E-state index in [4.69, 9.17) is 0 Å². The summed E-state index contributed by atoms with van der Waals surface area (Å²) < 4.78 is 1.50. The van der Waals surface area contributed by atoms with E-state index in [0.717, 1.165) is 16.2 Å². The van der Waals surface area contributed by atoms with Gasteiger partial charge in [-0.05, 0) is 42.5 Å². The molecule has 1 aliphatic heterocycles. The number of urea groups is 1. The van der Waals surface area contributed by atoms with Crippen molar-refractivity contribution in [2.45, 2.75) is 52.1 Å². The van der Waals surface area contributed by atoms with Crippen LogP contribution in [0.3, 0.4) is 0 Å². The molecule has 1 aliphatic rings. The largest absolute Gasteiger partial charge is 0.325 e. The minimum Gasteiger partial charge on any atom is -0.319 e. The van der Waals surface area contributed by atoms with E-state index < -0.39 is 11.6 Å². The zero-order valence-electron chi connectivity index (χ0n) is 18.4. The standard InChI is InChI=1S/C24H26N4O3/c1-15-7-6-8-19-25-18(13-20(29)28(15)19)14-27-21(30)24(5,26-22(27)31)17-11-9-16(10-12-17)23(2,3)4/h6-13H,14H2,1-5H3,(H,26,31). The van der Waals surface area contributed by atoms with Crippen molar-refractivity contribution >= 4 is 17.6 Å². The van der Waals surface area contributed by atoms with Crippen LogP contribution in [0, 0.1) is 6.92 Å². The van der Waals surface area contributed by atoms with Crippen LogP contribution in [0.15, 0.2) is 53.3 Å². The van der Waals surface area contributed by atoms with Gasteiger partial charge in [-0.25, -0.2) is 9.78 Å². The average molecular weight is 418 g/mol. The van der Waals surface area contributed by atoms with Crippen LogP contribution in [0.25, 0.3) is 5.65 Å². The summed E-state index contributed by atoms with van der Waals surface area (Å²) in [5.74, 6) is -0.368. The van der Waals surface area contributed by atoms with E-state index in [1.54, 1.807) is 13.0 Å². The monoisotopic (exact) mass is 418 g/mol. The molecule has 0 aliphatic carbocycles. The number of nitrogens with one attached hydrogen (secondary N) is 1. The number of carbonyl (C=O) groups is 2. The first kappa shape index (κ1) is 20.8. The second-order valence-corrected chi connectivity index (χ2v) is 9.22. The number of pyridine rings is 1. The highest BCUT2D eigenvalue weighted by Gasteiger charge is 2.49. The first-order chi connectivity index (χ1) is 14.5. The van der Waals surface area contributed by atoms with Gasteiger partial charge in [-0.15, -0.1) is 0 Å². The summed E-state index contributed by atoms with van der Waals surface area (Å²) >= 11 is 0. The average Bonchev–Trinajstić information content (AvgIpc) is 2.91. The summed E-state index contributed by atoms with van der Waals surface area (Å²) in [6, 6.07) is 14.0. The van der Waals surface area contributed by atoms with Gasteiger partial charge in [0.05, 0.1) is 12.2 Å². The Morgan fingerprint density at radius 1 is 1.03 bits per heavy atom. The third kappa shape index (κ3) is 3.50. The number of rotatable bonds is 3. The van der Waals surface area contributed by atoms with Crippen molar-refractivity contribution in [2.24, 2.45) is 0 Å². The predicted octanol–water partition coefficient (Wildman–Crippen LogP) is 3.27.